The fraction of sp³-hybridized carbons (Fsp3) is 0.500. The SMILES string of the molecule is Cc1nc(OCCCN2CCCCC2)sc1-c1ccccc1. The number of rotatable bonds is 6. The second-order valence-electron chi connectivity index (χ2n) is 5.86. The van der Waals surface area contributed by atoms with E-state index in [9.17, 15) is 0 Å². The van der Waals surface area contributed by atoms with E-state index in [0.717, 1.165) is 30.5 Å². The Labute approximate surface area is 137 Å². The number of piperidine rings is 1. The molecule has 1 aliphatic rings. The van der Waals surface area contributed by atoms with Gasteiger partial charge in [0, 0.05) is 6.54 Å². The van der Waals surface area contributed by atoms with E-state index in [1.807, 2.05) is 6.07 Å². The fourth-order valence-corrected chi connectivity index (χ4v) is 3.87. The van der Waals surface area contributed by atoms with Crippen molar-refractivity contribution in [3.05, 3.63) is 36.0 Å². The number of likely N-dealkylation sites (tertiary alicyclic amines) is 1. The minimum atomic E-state index is 0.762. The Morgan fingerprint density at radius 3 is 2.68 bits per heavy atom. The number of hydrogen-bond donors (Lipinski definition) is 0. The average molecular weight is 316 g/mol. The Hall–Kier alpha value is -1.39. The van der Waals surface area contributed by atoms with Gasteiger partial charge in [0.05, 0.1) is 17.2 Å². The van der Waals surface area contributed by atoms with E-state index < -0.39 is 0 Å². The molecule has 1 saturated heterocycles. The van der Waals surface area contributed by atoms with Crippen LogP contribution in [0, 0.1) is 6.92 Å². The summed E-state index contributed by atoms with van der Waals surface area (Å²) in [5, 5.41) is 0.801. The summed E-state index contributed by atoms with van der Waals surface area (Å²) in [7, 11) is 0. The van der Waals surface area contributed by atoms with Crippen LogP contribution in [0.4, 0.5) is 0 Å². The van der Waals surface area contributed by atoms with E-state index in [4.69, 9.17) is 4.74 Å². The number of hydrogen-bond acceptors (Lipinski definition) is 4. The van der Waals surface area contributed by atoms with Gasteiger partial charge in [0.2, 0.25) is 0 Å². The third-order valence-corrected chi connectivity index (χ3v) is 5.22. The monoisotopic (exact) mass is 316 g/mol. The molecule has 3 nitrogen and oxygen atoms in total. The van der Waals surface area contributed by atoms with Crippen LogP contribution in [0.3, 0.4) is 0 Å². The van der Waals surface area contributed by atoms with Crippen molar-refractivity contribution < 1.29 is 4.74 Å². The molecule has 1 aliphatic heterocycles. The van der Waals surface area contributed by atoms with Gasteiger partial charge in [-0.1, -0.05) is 48.1 Å². The lowest BCUT2D eigenvalue weighted by molar-refractivity contribution is 0.204. The summed E-state index contributed by atoms with van der Waals surface area (Å²) < 4.78 is 5.86. The Morgan fingerprint density at radius 1 is 1.14 bits per heavy atom. The molecule has 2 heterocycles. The van der Waals surface area contributed by atoms with Gasteiger partial charge in [-0.05, 0) is 44.8 Å². The predicted molar refractivity (Wildman–Crippen MR) is 92.7 cm³/mol. The van der Waals surface area contributed by atoms with Crippen molar-refractivity contribution in [3.63, 3.8) is 0 Å². The molecule has 1 aromatic carbocycles. The molecule has 0 amide bonds. The number of benzene rings is 1. The molecule has 1 aromatic heterocycles. The first-order valence-electron chi connectivity index (χ1n) is 8.21. The Bertz CT molecular complexity index is 576. The van der Waals surface area contributed by atoms with Crippen LogP contribution in [-0.4, -0.2) is 36.1 Å². The van der Waals surface area contributed by atoms with Gasteiger partial charge >= 0.3 is 0 Å². The summed E-state index contributed by atoms with van der Waals surface area (Å²) in [5.74, 6) is 0. The molecular weight excluding hydrogens is 292 g/mol. The van der Waals surface area contributed by atoms with Crippen molar-refractivity contribution >= 4 is 11.3 Å². The maximum Gasteiger partial charge on any atom is 0.273 e. The fourth-order valence-electron chi connectivity index (χ4n) is 2.92. The van der Waals surface area contributed by atoms with Gasteiger partial charge in [0.15, 0.2) is 0 Å². The van der Waals surface area contributed by atoms with Crippen LogP contribution in [0.15, 0.2) is 30.3 Å². The second kappa shape index (κ2) is 7.75. The van der Waals surface area contributed by atoms with Crippen molar-refractivity contribution in [2.24, 2.45) is 0 Å². The Morgan fingerprint density at radius 2 is 1.91 bits per heavy atom. The summed E-state index contributed by atoms with van der Waals surface area (Å²) in [4.78, 5) is 8.32. The largest absolute Gasteiger partial charge is 0.470 e. The highest BCUT2D eigenvalue weighted by Gasteiger charge is 2.11. The summed E-state index contributed by atoms with van der Waals surface area (Å²) in [5.41, 5.74) is 2.28. The standard InChI is InChI=1S/C18H24N2OS/c1-15-17(16-9-4-2-5-10-16)22-18(19-15)21-14-8-13-20-11-6-3-7-12-20/h2,4-5,9-10H,3,6-8,11-14H2,1H3. The van der Waals surface area contributed by atoms with Crippen molar-refractivity contribution in [1.29, 1.82) is 0 Å². The summed E-state index contributed by atoms with van der Waals surface area (Å²) >= 11 is 1.65. The van der Waals surface area contributed by atoms with Crippen molar-refractivity contribution in [2.75, 3.05) is 26.2 Å². The van der Waals surface area contributed by atoms with Gasteiger partial charge in [-0.3, -0.25) is 0 Å². The lowest BCUT2D eigenvalue weighted by Gasteiger charge is -2.26. The number of aryl methyl sites for hydroxylation is 1. The number of thiazole rings is 1. The maximum atomic E-state index is 5.86. The van der Waals surface area contributed by atoms with Gasteiger partial charge in [0.25, 0.3) is 5.19 Å². The van der Waals surface area contributed by atoms with E-state index in [2.05, 4.69) is 41.1 Å². The van der Waals surface area contributed by atoms with E-state index in [1.165, 1.54) is 42.8 Å². The second-order valence-corrected chi connectivity index (χ2v) is 6.83. The summed E-state index contributed by atoms with van der Waals surface area (Å²) in [6, 6.07) is 10.4. The Kier molecular flexibility index (Phi) is 5.46. The average Bonchev–Trinajstić information content (AvgIpc) is 2.94. The minimum absolute atomic E-state index is 0.762. The zero-order chi connectivity index (χ0) is 15.2. The van der Waals surface area contributed by atoms with Gasteiger partial charge in [-0.2, -0.15) is 0 Å². The number of nitrogens with zero attached hydrogens (tertiary/aromatic N) is 2. The molecule has 0 N–H and O–H groups in total. The van der Waals surface area contributed by atoms with Crippen molar-refractivity contribution in [3.8, 4) is 15.6 Å². The molecule has 1 fully saturated rings. The first-order chi connectivity index (χ1) is 10.8. The molecule has 0 spiro atoms. The Balaban J connectivity index is 1.49. The van der Waals surface area contributed by atoms with E-state index in [0.29, 0.717) is 0 Å². The van der Waals surface area contributed by atoms with Crippen LogP contribution in [0.5, 0.6) is 5.19 Å². The molecule has 2 aromatic rings. The third kappa shape index (κ3) is 4.08. The van der Waals surface area contributed by atoms with Gasteiger partial charge in [-0.25, -0.2) is 4.98 Å². The van der Waals surface area contributed by atoms with Crippen LogP contribution in [-0.2, 0) is 0 Å². The lowest BCUT2D eigenvalue weighted by Crippen LogP contribution is -2.31. The number of ether oxygens (including phenoxy) is 1. The molecule has 0 aliphatic carbocycles. The maximum absolute atomic E-state index is 5.86. The zero-order valence-electron chi connectivity index (χ0n) is 13.3. The highest BCUT2D eigenvalue weighted by atomic mass is 32.1. The predicted octanol–water partition coefficient (Wildman–Crippen LogP) is 4.37. The summed E-state index contributed by atoms with van der Waals surface area (Å²) in [6.45, 7) is 6.48. The van der Waals surface area contributed by atoms with Crippen molar-refractivity contribution in [1.82, 2.24) is 9.88 Å². The molecular formula is C18H24N2OS. The van der Waals surface area contributed by atoms with E-state index in [-0.39, 0.29) is 0 Å². The molecule has 4 heteroatoms. The van der Waals surface area contributed by atoms with Crippen LogP contribution < -0.4 is 4.74 Å². The molecule has 118 valence electrons. The van der Waals surface area contributed by atoms with Crippen LogP contribution in [0.1, 0.15) is 31.4 Å². The number of aromatic nitrogens is 1. The quantitative estimate of drug-likeness (QED) is 0.740. The van der Waals surface area contributed by atoms with E-state index in [1.54, 1.807) is 11.3 Å². The lowest BCUT2D eigenvalue weighted by atomic mass is 10.1. The zero-order valence-corrected chi connectivity index (χ0v) is 14.1. The highest BCUT2D eigenvalue weighted by Crippen LogP contribution is 2.33. The first kappa shape index (κ1) is 15.5. The molecule has 0 saturated carbocycles. The van der Waals surface area contributed by atoms with Crippen LogP contribution >= 0.6 is 11.3 Å². The smallest absolute Gasteiger partial charge is 0.273 e. The molecule has 0 bridgehead atoms. The topological polar surface area (TPSA) is 25.4 Å². The van der Waals surface area contributed by atoms with Gasteiger partial charge in [-0.15, -0.1) is 0 Å². The molecule has 0 atom stereocenters. The first-order valence-corrected chi connectivity index (χ1v) is 9.02. The van der Waals surface area contributed by atoms with Crippen LogP contribution in [0.2, 0.25) is 0 Å². The molecule has 3 rings (SSSR count). The molecule has 0 radical (unpaired) electrons. The molecule has 0 unspecified atom stereocenters. The molecule has 22 heavy (non-hydrogen) atoms. The van der Waals surface area contributed by atoms with Gasteiger partial charge in [0.1, 0.15) is 0 Å². The van der Waals surface area contributed by atoms with Crippen molar-refractivity contribution in [2.45, 2.75) is 32.6 Å². The minimum Gasteiger partial charge on any atom is -0.470 e. The van der Waals surface area contributed by atoms with Gasteiger partial charge < -0.3 is 9.64 Å². The highest BCUT2D eigenvalue weighted by molar-refractivity contribution is 7.17. The summed E-state index contributed by atoms with van der Waals surface area (Å²) in [6.07, 6.45) is 5.19. The van der Waals surface area contributed by atoms with Crippen LogP contribution in [0.25, 0.3) is 10.4 Å². The normalized spacial score (nSPS) is 15.9. The third-order valence-electron chi connectivity index (χ3n) is 4.11. The van der Waals surface area contributed by atoms with E-state index >= 15 is 0 Å².